The third kappa shape index (κ3) is 2.37. The lowest BCUT2D eigenvalue weighted by Crippen LogP contribution is -1.75. The van der Waals surface area contributed by atoms with E-state index < -0.39 is 0 Å². The second-order valence-electron chi connectivity index (χ2n) is 5.13. The highest BCUT2D eigenvalue weighted by Crippen LogP contribution is 2.33. The van der Waals surface area contributed by atoms with Gasteiger partial charge >= 0.3 is 0 Å². The summed E-state index contributed by atoms with van der Waals surface area (Å²) in [7, 11) is 0. The normalized spacial score (nSPS) is 10.9. The van der Waals surface area contributed by atoms with Gasteiger partial charge < -0.3 is 0 Å². The Labute approximate surface area is 128 Å². The Morgan fingerprint density at radius 3 is 2.14 bits per heavy atom. The highest BCUT2D eigenvalue weighted by atomic mass is 32.1. The third-order valence-corrected chi connectivity index (χ3v) is 4.72. The van der Waals surface area contributed by atoms with Crippen LogP contribution in [0.4, 0.5) is 0 Å². The minimum atomic E-state index is 1.28. The van der Waals surface area contributed by atoms with Crippen LogP contribution in [0.25, 0.3) is 32.3 Å². The van der Waals surface area contributed by atoms with Crippen LogP contribution in [0.3, 0.4) is 0 Å². The third-order valence-electron chi connectivity index (χ3n) is 3.74. The summed E-state index contributed by atoms with van der Waals surface area (Å²) in [5.74, 6) is 0. The van der Waals surface area contributed by atoms with Crippen LogP contribution < -0.4 is 0 Å². The molecule has 0 nitrogen and oxygen atoms in total. The Kier molecular flexibility index (Phi) is 3.06. The Morgan fingerprint density at radius 2 is 1.29 bits per heavy atom. The fourth-order valence-corrected chi connectivity index (χ4v) is 3.53. The molecule has 1 heterocycles. The molecule has 0 amide bonds. The average molecular weight is 286 g/mol. The van der Waals surface area contributed by atoms with Crippen LogP contribution in [-0.4, -0.2) is 0 Å². The molecule has 0 saturated heterocycles. The Balaban J connectivity index is 1.77. The topological polar surface area (TPSA) is 0 Å². The lowest BCUT2D eigenvalue weighted by atomic mass is 10.0. The van der Waals surface area contributed by atoms with Crippen LogP contribution in [0.1, 0.15) is 0 Å². The van der Waals surface area contributed by atoms with Gasteiger partial charge in [0, 0.05) is 4.88 Å². The molecule has 0 saturated carbocycles. The maximum absolute atomic E-state index is 2.28. The molecule has 0 N–H and O–H groups in total. The van der Waals surface area contributed by atoms with Crippen LogP contribution in [0.5, 0.6) is 0 Å². The van der Waals surface area contributed by atoms with E-state index in [2.05, 4.69) is 84.2 Å². The fourth-order valence-electron chi connectivity index (χ4n) is 2.61. The summed E-state index contributed by atoms with van der Waals surface area (Å²) in [6.07, 6.45) is 0. The number of hydrogen-bond donors (Lipinski definition) is 0. The van der Waals surface area contributed by atoms with Crippen molar-refractivity contribution < 1.29 is 0 Å². The van der Waals surface area contributed by atoms with Crippen molar-refractivity contribution in [2.45, 2.75) is 0 Å². The van der Waals surface area contributed by atoms with Gasteiger partial charge in [-0.1, -0.05) is 66.7 Å². The molecule has 4 aromatic rings. The molecule has 0 aliphatic carbocycles. The van der Waals surface area contributed by atoms with Crippen LogP contribution in [0.2, 0.25) is 0 Å². The van der Waals surface area contributed by atoms with Crippen LogP contribution in [0.15, 0.2) is 84.2 Å². The van der Waals surface area contributed by atoms with E-state index >= 15 is 0 Å². The van der Waals surface area contributed by atoms with Crippen molar-refractivity contribution in [1.29, 1.82) is 0 Å². The first-order valence-corrected chi connectivity index (χ1v) is 7.91. The smallest absolute Gasteiger partial charge is 0.0349 e. The van der Waals surface area contributed by atoms with Gasteiger partial charge in [-0.15, -0.1) is 11.3 Å². The van der Waals surface area contributed by atoms with Gasteiger partial charge in [0.25, 0.3) is 0 Å². The number of benzene rings is 3. The lowest BCUT2D eigenvalue weighted by Gasteiger charge is -2.01. The summed E-state index contributed by atoms with van der Waals surface area (Å²) in [5.41, 5.74) is 3.87. The first kappa shape index (κ1) is 12.4. The van der Waals surface area contributed by atoms with Crippen molar-refractivity contribution in [2.24, 2.45) is 0 Å². The van der Waals surface area contributed by atoms with Crippen molar-refractivity contribution >= 4 is 22.1 Å². The molecule has 100 valence electrons. The molecule has 3 aromatic carbocycles. The molecule has 0 aliphatic heterocycles. The van der Waals surface area contributed by atoms with Crippen molar-refractivity contribution in [3.63, 3.8) is 0 Å². The zero-order valence-corrected chi connectivity index (χ0v) is 12.3. The van der Waals surface area contributed by atoms with E-state index in [0.717, 1.165) is 0 Å². The van der Waals surface area contributed by atoms with E-state index in [1.165, 1.54) is 32.3 Å². The van der Waals surface area contributed by atoms with E-state index in [1.807, 2.05) is 0 Å². The summed E-state index contributed by atoms with van der Waals surface area (Å²) in [6, 6.07) is 28.0. The standard InChI is InChI=1S/C20H14S/c1-2-6-15(7-3-1)19-13-20(21-14-19)18-11-10-16-8-4-5-9-17(16)12-18/h1-14H. The van der Waals surface area contributed by atoms with E-state index in [-0.39, 0.29) is 0 Å². The first-order chi connectivity index (χ1) is 10.4. The quantitative estimate of drug-likeness (QED) is 0.409. The molecule has 0 fully saturated rings. The number of hydrogen-bond acceptors (Lipinski definition) is 1. The van der Waals surface area contributed by atoms with Gasteiger partial charge in [-0.2, -0.15) is 0 Å². The van der Waals surface area contributed by atoms with Gasteiger partial charge in [0.05, 0.1) is 0 Å². The molecular formula is C20H14S. The zero-order chi connectivity index (χ0) is 14.1. The second kappa shape index (κ2) is 5.19. The van der Waals surface area contributed by atoms with Gasteiger partial charge in [0.15, 0.2) is 0 Å². The maximum atomic E-state index is 2.28. The highest BCUT2D eigenvalue weighted by Gasteiger charge is 2.05. The second-order valence-corrected chi connectivity index (χ2v) is 6.04. The summed E-state index contributed by atoms with van der Waals surface area (Å²) in [5, 5.41) is 4.82. The van der Waals surface area contributed by atoms with Crippen LogP contribution in [-0.2, 0) is 0 Å². The van der Waals surface area contributed by atoms with Gasteiger partial charge in [0.2, 0.25) is 0 Å². The monoisotopic (exact) mass is 286 g/mol. The largest absolute Gasteiger partial charge is 0.143 e. The van der Waals surface area contributed by atoms with E-state index in [9.17, 15) is 0 Å². The molecular weight excluding hydrogens is 272 g/mol. The maximum Gasteiger partial charge on any atom is 0.0349 e. The predicted octanol–water partition coefficient (Wildman–Crippen LogP) is 6.24. The molecule has 0 atom stereocenters. The Bertz CT molecular complexity index is 888. The number of rotatable bonds is 2. The zero-order valence-electron chi connectivity index (χ0n) is 11.5. The summed E-state index contributed by atoms with van der Waals surface area (Å²) in [6.45, 7) is 0. The molecule has 0 bridgehead atoms. The van der Waals surface area contributed by atoms with E-state index in [4.69, 9.17) is 0 Å². The van der Waals surface area contributed by atoms with Gasteiger partial charge in [-0.3, -0.25) is 0 Å². The van der Waals surface area contributed by atoms with E-state index in [1.54, 1.807) is 11.3 Å². The Morgan fingerprint density at radius 1 is 0.524 bits per heavy atom. The molecule has 0 aliphatic rings. The summed E-state index contributed by atoms with van der Waals surface area (Å²) < 4.78 is 0. The predicted molar refractivity (Wildman–Crippen MR) is 92.7 cm³/mol. The minimum Gasteiger partial charge on any atom is -0.143 e. The molecule has 0 spiro atoms. The molecule has 0 radical (unpaired) electrons. The van der Waals surface area contributed by atoms with Crippen molar-refractivity contribution in [3.8, 4) is 21.6 Å². The van der Waals surface area contributed by atoms with Crippen LogP contribution in [0, 0.1) is 0 Å². The molecule has 4 rings (SSSR count). The molecule has 21 heavy (non-hydrogen) atoms. The molecule has 1 heteroatoms. The van der Waals surface area contributed by atoms with Gasteiger partial charge in [0.1, 0.15) is 0 Å². The van der Waals surface area contributed by atoms with Crippen molar-refractivity contribution in [2.75, 3.05) is 0 Å². The average Bonchev–Trinajstić information content (AvgIpc) is 3.05. The summed E-state index contributed by atoms with van der Waals surface area (Å²) >= 11 is 1.81. The lowest BCUT2D eigenvalue weighted by molar-refractivity contribution is 1.67. The number of thiophene rings is 1. The van der Waals surface area contributed by atoms with Crippen molar-refractivity contribution in [1.82, 2.24) is 0 Å². The van der Waals surface area contributed by atoms with Crippen LogP contribution >= 0.6 is 11.3 Å². The summed E-state index contributed by atoms with van der Waals surface area (Å²) in [4.78, 5) is 1.32. The van der Waals surface area contributed by atoms with Gasteiger partial charge in [-0.05, 0) is 45.0 Å². The van der Waals surface area contributed by atoms with E-state index in [0.29, 0.717) is 0 Å². The Hall–Kier alpha value is -2.38. The van der Waals surface area contributed by atoms with Crippen molar-refractivity contribution in [3.05, 3.63) is 84.2 Å². The first-order valence-electron chi connectivity index (χ1n) is 7.03. The number of fused-ring (bicyclic) bond motifs is 1. The fraction of sp³-hybridized carbons (Fsp3) is 0. The SMILES string of the molecule is c1ccc(-c2csc(-c3ccc4ccccc4c3)c2)cc1. The highest BCUT2D eigenvalue weighted by molar-refractivity contribution is 7.14. The minimum absolute atomic E-state index is 1.28. The molecule has 1 aromatic heterocycles. The van der Waals surface area contributed by atoms with Gasteiger partial charge in [-0.25, -0.2) is 0 Å². The molecule has 0 unspecified atom stereocenters.